The van der Waals surface area contributed by atoms with Crippen molar-refractivity contribution in [2.75, 3.05) is 6.61 Å². The quantitative estimate of drug-likeness (QED) is 0.305. The molecule has 0 radical (unpaired) electrons. The van der Waals surface area contributed by atoms with Gasteiger partial charge in [-0.25, -0.2) is 4.79 Å². The maximum Gasteiger partial charge on any atom is 0.331 e. The van der Waals surface area contributed by atoms with Crippen molar-refractivity contribution in [2.24, 2.45) is 0 Å². The monoisotopic (exact) mass is 381 g/mol. The highest BCUT2D eigenvalue weighted by Gasteiger charge is 2.09. The number of carbonyl (C=O) groups excluding carboxylic acids is 1. The summed E-state index contributed by atoms with van der Waals surface area (Å²) in [6, 6.07) is 26.8. The largest absolute Gasteiger partial charge is 0.463 e. The lowest BCUT2D eigenvalue weighted by Gasteiger charge is -2.10. The van der Waals surface area contributed by atoms with Gasteiger partial charge in [-0.15, -0.1) is 0 Å². The lowest BCUT2D eigenvalue weighted by atomic mass is 9.96. The summed E-state index contributed by atoms with van der Waals surface area (Å²) in [5, 5.41) is 3.47. The van der Waals surface area contributed by atoms with Gasteiger partial charge in [-0.2, -0.15) is 0 Å². The van der Waals surface area contributed by atoms with Crippen LogP contribution in [0.5, 0.6) is 0 Å². The minimum atomic E-state index is -0.304. The second-order valence-corrected chi connectivity index (χ2v) is 6.98. The third-order valence-corrected chi connectivity index (χ3v) is 5.01. The molecule has 4 rings (SSSR count). The predicted molar refractivity (Wildman–Crippen MR) is 119 cm³/mol. The molecule has 0 N–H and O–H groups in total. The van der Waals surface area contributed by atoms with Crippen LogP contribution in [0.1, 0.15) is 24.6 Å². The number of ether oxygens (including phenoxy) is 1. The third kappa shape index (κ3) is 4.52. The van der Waals surface area contributed by atoms with Crippen LogP contribution >= 0.6 is 0 Å². The Bertz CT molecular complexity index is 1190. The first-order chi connectivity index (χ1) is 14.2. The molecule has 0 fully saturated rings. The van der Waals surface area contributed by atoms with Gasteiger partial charge in [0.1, 0.15) is 0 Å². The number of aromatic nitrogens is 1. The zero-order chi connectivity index (χ0) is 20.1. The molecule has 0 aliphatic heterocycles. The van der Waals surface area contributed by atoms with Crippen LogP contribution in [-0.4, -0.2) is 17.6 Å². The Kier molecular flexibility index (Phi) is 5.66. The molecular weight excluding hydrogens is 358 g/mol. The molecule has 1 aromatic heterocycles. The van der Waals surface area contributed by atoms with Crippen LogP contribution in [0.15, 0.2) is 84.9 Å². The number of nitrogens with zero attached hydrogens (tertiary/aromatic N) is 1. The molecule has 1 heterocycles. The number of esters is 1. The standard InChI is InChI=1S/C26H23NO2/c1-2-29-26(28)18-23(22-12-11-19-7-3-4-9-21(19)17-22)14-16-24-15-13-20-8-5-6-10-25(20)27-24/h3-13,15,17-18H,2,14,16H2,1H3/b23-18+. The lowest BCUT2D eigenvalue weighted by molar-refractivity contribution is -0.137. The molecule has 4 aromatic rings. The maximum absolute atomic E-state index is 12.2. The normalized spacial score (nSPS) is 11.7. The highest BCUT2D eigenvalue weighted by molar-refractivity contribution is 5.93. The van der Waals surface area contributed by atoms with Gasteiger partial charge in [-0.05, 0) is 59.9 Å². The molecule has 144 valence electrons. The van der Waals surface area contributed by atoms with Crippen molar-refractivity contribution in [2.45, 2.75) is 19.8 Å². The first kappa shape index (κ1) is 18.9. The van der Waals surface area contributed by atoms with Crippen molar-refractivity contribution < 1.29 is 9.53 Å². The summed E-state index contributed by atoms with van der Waals surface area (Å²) in [6.07, 6.45) is 3.08. The Morgan fingerprint density at radius 1 is 0.897 bits per heavy atom. The number of fused-ring (bicyclic) bond motifs is 2. The fourth-order valence-electron chi connectivity index (χ4n) is 3.53. The average Bonchev–Trinajstić information content (AvgIpc) is 2.76. The molecular formula is C26H23NO2. The third-order valence-electron chi connectivity index (χ3n) is 5.01. The van der Waals surface area contributed by atoms with Crippen LogP contribution in [-0.2, 0) is 16.0 Å². The fourth-order valence-corrected chi connectivity index (χ4v) is 3.53. The van der Waals surface area contributed by atoms with E-state index in [0.717, 1.165) is 39.5 Å². The molecule has 3 aromatic carbocycles. The van der Waals surface area contributed by atoms with Gasteiger partial charge >= 0.3 is 5.97 Å². The first-order valence-electron chi connectivity index (χ1n) is 9.94. The van der Waals surface area contributed by atoms with E-state index in [1.807, 2.05) is 37.3 Å². The molecule has 0 atom stereocenters. The molecule has 0 bridgehead atoms. The SMILES string of the molecule is CCOC(=O)/C=C(\CCc1ccc2ccccc2n1)c1ccc2ccccc2c1. The van der Waals surface area contributed by atoms with Gasteiger partial charge in [-0.1, -0.05) is 60.7 Å². The molecule has 3 nitrogen and oxygen atoms in total. The average molecular weight is 381 g/mol. The van der Waals surface area contributed by atoms with Gasteiger partial charge in [0.05, 0.1) is 12.1 Å². The first-order valence-corrected chi connectivity index (χ1v) is 9.94. The van der Waals surface area contributed by atoms with E-state index in [9.17, 15) is 4.79 Å². The van der Waals surface area contributed by atoms with E-state index < -0.39 is 0 Å². The second kappa shape index (κ2) is 8.70. The Balaban J connectivity index is 1.63. The van der Waals surface area contributed by atoms with Gasteiger partial charge in [0.15, 0.2) is 0 Å². The zero-order valence-electron chi connectivity index (χ0n) is 16.5. The van der Waals surface area contributed by atoms with Gasteiger partial charge in [-0.3, -0.25) is 4.98 Å². The minimum Gasteiger partial charge on any atom is -0.463 e. The summed E-state index contributed by atoms with van der Waals surface area (Å²) >= 11 is 0. The Morgan fingerprint density at radius 3 is 2.45 bits per heavy atom. The molecule has 0 unspecified atom stereocenters. The number of hydrogen-bond donors (Lipinski definition) is 0. The fraction of sp³-hybridized carbons (Fsp3) is 0.154. The second-order valence-electron chi connectivity index (χ2n) is 6.98. The van der Waals surface area contributed by atoms with Crippen LogP contribution in [0.4, 0.5) is 0 Å². The van der Waals surface area contributed by atoms with Crippen molar-refractivity contribution in [3.8, 4) is 0 Å². The van der Waals surface area contributed by atoms with Gasteiger partial charge < -0.3 is 4.74 Å². The Hall–Kier alpha value is -3.46. The number of benzene rings is 3. The zero-order valence-corrected chi connectivity index (χ0v) is 16.5. The maximum atomic E-state index is 12.2. The number of para-hydroxylation sites is 1. The van der Waals surface area contributed by atoms with Gasteiger partial charge in [0.25, 0.3) is 0 Å². The summed E-state index contributed by atoms with van der Waals surface area (Å²) in [6.45, 7) is 2.19. The Morgan fingerprint density at radius 2 is 1.62 bits per heavy atom. The van der Waals surface area contributed by atoms with Crippen LogP contribution in [0.3, 0.4) is 0 Å². The number of carbonyl (C=O) groups is 1. The molecule has 0 aliphatic carbocycles. The number of rotatable bonds is 6. The summed E-state index contributed by atoms with van der Waals surface area (Å²) in [4.78, 5) is 16.9. The van der Waals surface area contributed by atoms with Gasteiger partial charge in [0, 0.05) is 17.2 Å². The predicted octanol–water partition coefficient (Wildman–Crippen LogP) is 5.97. The molecule has 0 amide bonds. The Labute approximate surface area is 170 Å². The molecule has 0 aliphatic rings. The van der Waals surface area contributed by atoms with Crippen LogP contribution in [0.25, 0.3) is 27.2 Å². The minimum absolute atomic E-state index is 0.304. The molecule has 0 saturated carbocycles. The van der Waals surface area contributed by atoms with Crippen LogP contribution in [0.2, 0.25) is 0 Å². The summed E-state index contributed by atoms with van der Waals surface area (Å²) in [7, 11) is 0. The van der Waals surface area contributed by atoms with E-state index in [2.05, 4.69) is 48.5 Å². The number of allylic oxidation sites excluding steroid dienone is 1. The highest BCUT2D eigenvalue weighted by atomic mass is 16.5. The van der Waals surface area contributed by atoms with Gasteiger partial charge in [0.2, 0.25) is 0 Å². The number of hydrogen-bond acceptors (Lipinski definition) is 3. The number of pyridine rings is 1. The van der Waals surface area contributed by atoms with Crippen molar-refractivity contribution in [1.29, 1.82) is 0 Å². The van der Waals surface area contributed by atoms with E-state index in [0.29, 0.717) is 13.0 Å². The van der Waals surface area contributed by atoms with E-state index in [4.69, 9.17) is 9.72 Å². The molecule has 0 spiro atoms. The topological polar surface area (TPSA) is 39.2 Å². The van der Waals surface area contributed by atoms with E-state index in [1.54, 1.807) is 6.08 Å². The molecule has 0 saturated heterocycles. The summed E-state index contributed by atoms with van der Waals surface area (Å²) in [5.41, 5.74) is 4.01. The van der Waals surface area contributed by atoms with Crippen LogP contribution in [0, 0.1) is 0 Å². The molecule has 29 heavy (non-hydrogen) atoms. The van der Waals surface area contributed by atoms with E-state index >= 15 is 0 Å². The van der Waals surface area contributed by atoms with E-state index in [1.165, 1.54) is 5.39 Å². The van der Waals surface area contributed by atoms with E-state index in [-0.39, 0.29) is 5.97 Å². The van der Waals surface area contributed by atoms with Crippen molar-refractivity contribution in [3.63, 3.8) is 0 Å². The smallest absolute Gasteiger partial charge is 0.331 e. The van der Waals surface area contributed by atoms with Crippen molar-refractivity contribution in [3.05, 3.63) is 96.2 Å². The van der Waals surface area contributed by atoms with Crippen molar-refractivity contribution in [1.82, 2.24) is 4.98 Å². The summed E-state index contributed by atoms with van der Waals surface area (Å²) < 4.78 is 5.16. The number of aryl methyl sites for hydroxylation is 1. The summed E-state index contributed by atoms with van der Waals surface area (Å²) in [5.74, 6) is -0.304. The highest BCUT2D eigenvalue weighted by Crippen LogP contribution is 2.25. The lowest BCUT2D eigenvalue weighted by Crippen LogP contribution is -2.02. The van der Waals surface area contributed by atoms with Crippen molar-refractivity contribution >= 4 is 33.2 Å². The van der Waals surface area contributed by atoms with Crippen LogP contribution < -0.4 is 0 Å². The molecule has 3 heteroatoms.